The summed E-state index contributed by atoms with van der Waals surface area (Å²) in [6, 6.07) is 4.37. The molecule has 0 unspecified atom stereocenters. The molecule has 0 bridgehead atoms. The van der Waals surface area contributed by atoms with E-state index in [1.165, 1.54) is 25.3 Å². The lowest BCUT2D eigenvalue weighted by molar-refractivity contribution is -0.274. The van der Waals surface area contributed by atoms with Crippen LogP contribution in [0.25, 0.3) is 0 Å². The second-order valence-electron chi connectivity index (χ2n) is 7.33. The van der Waals surface area contributed by atoms with E-state index in [1.54, 1.807) is 0 Å². The number of nitrogens with zero attached hydrogens (tertiary/aromatic N) is 1. The summed E-state index contributed by atoms with van der Waals surface area (Å²) in [6.45, 7) is 14.8. The zero-order valence-corrected chi connectivity index (χ0v) is 20.5. The highest BCUT2D eigenvalue weighted by molar-refractivity contribution is 8.29. The van der Waals surface area contributed by atoms with E-state index in [2.05, 4.69) is 38.0 Å². The SMILES string of the molecule is CC.CC.CC(C)(C)S(C)(C)OC1CCC1.N#Cc1ccc(O)cc1OC(F)(F)F. The summed E-state index contributed by atoms with van der Waals surface area (Å²) in [5.74, 6) is -1.11. The third-order valence-electron chi connectivity index (χ3n) is 4.21. The third-order valence-corrected chi connectivity index (χ3v) is 7.92. The van der Waals surface area contributed by atoms with Gasteiger partial charge in [-0.05, 0) is 43.9 Å². The van der Waals surface area contributed by atoms with Gasteiger partial charge in [-0.3, -0.25) is 0 Å². The summed E-state index contributed by atoms with van der Waals surface area (Å²) in [5.41, 5.74) is -0.292. The van der Waals surface area contributed by atoms with Gasteiger partial charge in [-0.1, -0.05) is 48.5 Å². The first-order valence-electron chi connectivity index (χ1n) is 10.1. The van der Waals surface area contributed by atoms with E-state index in [9.17, 15) is 13.2 Å². The highest BCUT2D eigenvalue weighted by Crippen LogP contribution is 2.56. The molecule has 30 heavy (non-hydrogen) atoms. The van der Waals surface area contributed by atoms with Crippen molar-refractivity contribution >= 4 is 10.3 Å². The topological polar surface area (TPSA) is 62.5 Å². The fraction of sp³-hybridized carbons (Fsp3) is 0.682. The maximum Gasteiger partial charge on any atom is 0.573 e. The standard InChI is InChI=1S/C10H22OS.C8H4F3NO2.2C2H6/c1-10(2,3)12(4,5)11-9-7-6-8-9;9-8(10,11)14-7-3-6(13)2-1-5(7)4-12;2*1-2/h9H,6-8H2,1-5H3;1-3,13H;2*1-2H3. The minimum Gasteiger partial charge on any atom is -0.508 e. The van der Waals surface area contributed by atoms with Crippen LogP contribution < -0.4 is 4.74 Å². The Bertz CT molecular complexity index is 646. The molecule has 1 aliphatic rings. The number of phenolic OH excluding ortho intramolecular Hbond substituents is 1. The summed E-state index contributed by atoms with van der Waals surface area (Å²) in [7, 11) is -0.858. The first kappa shape index (κ1) is 30.6. The molecule has 0 heterocycles. The van der Waals surface area contributed by atoms with Crippen LogP contribution in [0, 0.1) is 11.3 Å². The average molecular weight is 454 g/mol. The van der Waals surface area contributed by atoms with Crippen molar-refractivity contribution in [3.63, 3.8) is 0 Å². The van der Waals surface area contributed by atoms with Crippen LogP contribution in [-0.4, -0.2) is 34.8 Å². The summed E-state index contributed by atoms with van der Waals surface area (Å²) in [6.07, 6.45) is 4.20. The van der Waals surface area contributed by atoms with Gasteiger partial charge in [0, 0.05) is 10.8 Å². The Morgan fingerprint density at radius 3 is 1.90 bits per heavy atom. The highest BCUT2D eigenvalue weighted by Gasteiger charge is 2.33. The van der Waals surface area contributed by atoms with Crippen LogP contribution in [-0.2, 0) is 4.18 Å². The van der Waals surface area contributed by atoms with Crippen molar-refractivity contribution in [2.75, 3.05) is 12.5 Å². The molecule has 0 radical (unpaired) electrons. The number of alkyl halides is 3. The Morgan fingerprint density at radius 2 is 1.57 bits per heavy atom. The Kier molecular flexibility index (Phi) is 13.9. The number of rotatable bonds is 3. The molecule has 0 atom stereocenters. The van der Waals surface area contributed by atoms with Gasteiger partial charge >= 0.3 is 6.36 Å². The van der Waals surface area contributed by atoms with E-state index < -0.39 is 28.2 Å². The highest BCUT2D eigenvalue weighted by atomic mass is 32.3. The number of nitriles is 1. The van der Waals surface area contributed by atoms with E-state index in [1.807, 2.05) is 27.7 Å². The molecule has 0 spiro atoms. The monoisotopic (exact) mass is 453 g/mol. The number of hydrogen-bond donors (Lipinski definition) is 1. The first-order chi connectivity index (χ1) is 13.7. The van der Waals surface area contributed by atoms with Gasteiger partial charge in [-0.15, -0.1) is 23.5 Å². The second-order valence-corrected chi connectivity index (χ2v) is 11.2. The predicted molar refractivity (Wildman–Crippen MR) is 120 cm³/mol. The van der Waals surface area contributed by atoms with Gasteiger partial charge < -0.3 is 14.0 Å². The number of hydrogen-bond acceptors (Lipinski definition) is 4. The molecule has 2 rings (SSSR count). The lowest BCUT2D eigenvalue weighted by Gasteiger charge is -2.47. The van der Waals surface area contributed by atoms with Crippen LogP contribution in [0.2, 0.25) is 0 Å². The molecule has 1 aromatic rings. The van der Waals surface area contributed by atoms with E-state index in [0.29, 0.717) is 10.9 Å². The molecule has 176 valence electrons. The van der Waals surface area contributed by atoms with Gasteiger partial charge in [-0.2, -0.15) is 5.26 Å². The van der Waals surface area contributed by atoms with Gasteiger partial charge in [0.05, 0.1) is 11.7 Å². The molecule has 1 saturated carbocycles. The molecule has 1 aromatic carbocycles. The summed E-state index contributed by atoms with van der Waals surface area (Å²) >= 11 is 0. The zero-order valence-electron chi connectivity index (χ0n) is 19.7. The van der Waals surface area contributed by atoms with Gasteiger partial charge in [-0.25, -0.2) is 0 Å². The van der Waals surface area contributed by atoms with Crippen molar-refractivity contribution < 1.29 is 27.2 Å². The summed E-state index contributed by atoms with van der Waals surface area (Å²) in [5, 5.41) is 17.3. The molecule has 1 fully saturated rings. The second kappa shape index (κ2) is 13.7. The van der Waals surface area contributed by atoms with Gasteiger partial charge in [0.2, 0.25) is 0 Å². The molecule has 0 aliphatic heterocycles. The van der Waals surface area contributed by atoms with Crippen molar-refractivity contribution in [3.8, 4) is 17.6 Å². The fourth-order valence-corrected chi connectivity index (χ4v) is 2.93. The van der Waals surface area contributed by atoms with E-state index >= 15 is 0 Å². The molecule has 8 heteroatoms. The van der Waals surface area contributed by atoms with Crippen molar-refractivity contribution in [2.45, 2.75) is 84.9 Å². The lowest BCUT2D eigenvalue weighted by atomic mass is 9.97. The van der Waals surface area contributed by atoms with E-state index in [0.717, 1.165) is 18.2 Å². The predicted octanol–water partition coefficient (Wildman–Crippen LogP) is 7.55. The number of phenols is 1. The molecule has 4 nitrogen and oxygen atoms in total. The van der Waals surface area contributed by atoms with Crippen molar-refractivity contribution in [2.24, 2.45) is 0 Å². The molecular formula is C22H38F3NO3S. The Balaban J connectivity index is 0. The van der Waals surface area contributed by atoms with Crippen LogP contribution in [0.1, 0.15) is 73.3 Å². The molecule has 1 N–H and O–H groups in total. The number of benzene rings is 1. The third kappa shape index (κ3) is 11.6. The van der Waals surface area contributed by atoms with Crippen LogP contribution >= 0.6 is 10.3 Å². The van der Waals surface area contributed by atoms with Gasteiger partial charge in [0.25, 0.3) is 0 Å². The minimum atomic E-state index is -4.88. The van der Waals surface area contributed by atoms with Crippen LogP contribution in [0.3, 0.4) is 0 Å². The number of halogens is 3. The van der Waals surface area contributed by atoms with E-state index in [4.69, 9.17) is 14.6 Å². The van der Waals surface area contributed by atoms with Crippen LogP contribution in [0.15, 0.2) is 18.2 Å². The van der Waals surface area contributed by atoms with Gasteiger partial charge in [0.1, 0.15) is 11.8 Å². The number of ether oxygens (including phenoxy) is 1. The van der Waals surface area contributed by atoms with Crippen LogP contribution in [0.5, 0.6) is 11.5 Å². The van der Waals surface area contributed by atoms with Crippen molar-refractivity contribution in [3.05, 3.63) is 23.8 Å². The zero-order chi connectivity index (χ0) is 24.2. The van der Waals surface area contributed by atoms with Gasteiger partial charge in [0.15, 0.2) is 5.75 Å². The first-order valence-corrected chi connectivity index (χ1v) is 12.5. The molecule has 0 amide bonds. The molecule has 0 saturated heterocycles. The Hall–Kier alpha value is -1.59. The normalized spacial score (nSPS) is 14.2. The Morgan fingerprint density at radius 1 is 1.07 bits per heavy atom. The Labute approximate surface area is 181 Å². The summed E-state index contributed by atoms with van der Waals surface area (Å²) < 4.78 is 45.3. The average Bonchev–Trinajstić information content (AvgIpc) is 2.60. The minimum absolute atomic E-state index is 0.292. The molecular weight excluding hydrogens is 415 g/mol. The van der Waals surface area contributed by atoms with Crippen molar-refractivity contribution in [1.82, 2.24) is 0 Å². The maximum atomic E-state index is 11.8. The quantitative estimate of drug-likeness (QED) is 0.513. The van der Waals surface area contributed by atoms with Crippen LogP contribution in [0.4, 0.5) is 13.2 Å². The lowest BCUT2D eigenvalue weighted by Crippen LogP contribution is -2.31. The number of aromatic hydroxyl groups is 1. The largest absolute Gasteiger partial charge is 0.573 e. The molecule has 0 aromatic heterocycles. The summed E-state index contributed by atoms with van der Waals surface area (Å²) in [4.78, 5) is 0. The fourth-order valence-electron chi connectivity index (χ4n) is 1.76. The van der Waals surface area contributed by atoms with E-state index in [-0.39, 0.29) is 5.56 Å². The maximum absolute atomic E-state index is 11.8. The van der Waals surface area contributed by atoms with Crippen molar-refractivity contribution in [1.29, 1.82) is 5.26 Å². The molecule has 1 aliphatic carbocycles. The smallest absolute Gasteiger partial charge is 0.508 e.